The van der Waals surface area contributed by atoms with E-state index in [0.29, 0.717) is 6.54 Å². The second kappa shape index (κ2) is 6.05. The lowest BCUT2D eigenvalue weighted by molar-refractivity contribution is -0.137. The van der Waals surface area contributed by atoms with E-state index >= 15 is 0 Å². The predicted octanol–water partition coefficient (Wildman–Crippen LogP) is 3.94. The summed E-state index contributed by atoms with van der Waals surface area (Å²) in [6.45, 7) is 3.78. The largest absolute Gasteiger partial charge is 0.416 e. The molecule has 96 valence electrons. The Morgan fingerprint density at radius 2 is 1.71 bits per heavy atom. The molecule has 17 heavy (non-hydrogen) atoms. The molecule has 1 aromatic carbocycles. The standard InChI is InChI=1S/C13H18F3N/c1-3-4-9-17(2)10-11-5-7-12(8-6-11)13(14,15)16/h5-8H,3-4,9-10H2,1-2H3. The van der Waals surface area contributed by atoms with Gasteiger partial charge in [0.25, 0.3) is 0 Å². The minimum Gasteiger partial charge on any atom is -0.302 e. The normalized spacial score (nSPS) is 12.1. The van der Waals surface area contributed by atoms with Crippen molar-refractivity contribution < 1.29 is 13.2 Å². The summed E-state index contributed by atoms with van der Waals surface area (Å²) >= 11 is 0. The molecule has 0 aromatic heterocycles. The quantitative estimate of drug-likeness (QED) is 0.759. The van der Waals surface area contributed by atoms with Gasteiger partial charge in [0.2, 0.25) is 0 Å². The molecule has 0 aliphatic heterocycles. The SMILES string of the molecule is CCCCN(C)Cc1ccc(C(F)(F)F)cc1. The van der Waals surface area contributed by atoms with Crippen molar-refractivity contribution in [2.75, 3.05) is 13.6 Å². The smallest absolute Gasteiger partial charge is 0.302 e. The van der Waals surface area contributed by atoms with Crippen LogP contribution < -0.4 is 0 Å². The summed E-state index contributed by atoms with van der Waals surface area (Å²) in [5, 5.41) is 0. The number of nitrogens with zero attached hydrogens (tertiary/aromatic N) is 1. The molecule has 1 aromatic rings. The van der Waals surface area contributed by atoms with E-state index in [4.69, 9.17) is 0 Å². The van der Waals surface area contributed by atoms with Gasteiger partial charge in [0, 0.05) is 6.54 Å². The van der Waals surface area contributed by atoms with Gasteiger partial charge in [-0.2, -0.15) is 13.2 Å². The third-order valence-electron chi connectivity index (χ3n) is 2.63. The zero-order chi connectivity index (χ0) is 12.9. The van der Waals surface area contributed by atoms with Crippen LogP contribution in [0.25, 0.3) is 0 Å². The Hall–Kier alpha value is -1.03. The first-order valence-electron chi connectivity index (χ1n) is 5.78. The van der Waals surface area contributed by atoms with Gasteiger partial charge in [-0.1, -0.05) is 25.5 Å². The van der Waals surface area contributed by atoms with Crippen LogP contribution in [0.3, 0.4) is 0 Å². The molecule has 0 unspecified atom stereocenters. The van der Waals surface area contributed by atoms with E-state index < -0.39 is 11.7 Å². The minimum absolute atomic E-state index is 0.586. The Bertz CT molecular complexity index is 330. The molecule has 1 nitrogen and oxygen atoms in total. The minimum atomic E-state index is -4.24. The zero-order valence-electron chi connectivity index (χ0n) is 10.2. The van der Waals surface area contributed by atoms with Crippen LogP contribution in [-0.4, -0.2) is 18.5 Å². The highest BCUT2D eigenvalue weighted by Crippen LogP contribution is 2.29. The average molecular weight is 245 g/mol. The van der Waals surface area contributed by atoms with E-state index in [9.17, 15) is 13.2 Å². The first-order chi connectivity index (χ1) is 7.93. The molecular formula is C13H18F3N. The Balaban J connectivity index is 2.56. The molecule has 0 N–H and O–H groups in total. The van der Waals surface area contributed by atoms with Gasteiger partial charge in [-0.25, -0.2) is 0 Å². The van der Waals surface area contributed by atoms with E-state index in [1.54, 1.807) is 12.1 Å². The average Bonchev–Trinajstić information content (AvgIpc) is 2.26. The molecule has 0 amide bonds. The molecule has 0 fully saturated rings. The van der Waals surface area contributed by atoms with Crippen molar-refractivity contribution in [1.29, 1.82) is 0 Å². The van der Waals surface area contributed by atoms with E-state index in [1.165, 1.54) is 0 Å². The highest BCUT2D eigenvalue weighted by Gasteiger charge is 2.29. The summed E-state index contributed by atoms with van der Waals surface area (Å²) in [7, 11) is 1.98. The van der Waals surface area contributed by atoms with Gasteiger partial charge in [-0.15, -0.1) is 0 Å². The summed E-state index contributed by atoms with van der Waals surface area (Å²) in [4.78, 5) is 2.12. The van der Waals surface area contributed by atoms with Gasteiger partial charge >= 0.3 is 6.18 Å². The van der Waals surface area contributed by atoms with Crippen molar-refractivity contribution in [1.82, 2.24) is 4.90 Å². The number of unbranched alkanes of at least 4 members (excludes halogenated alkanes) is 1. The van der Waals surface area contributed by atoms with E-state index in [0.717, 1.165) is 37.1 Å². The predicted molar refractivity (Wildman–Crippen MR) is 62.7 cm³/mol. The van der Waals surface area contributed by atoms with Crippen molar-refractivity contribution in [3.8, 4) is 0 Å². The molecule has 0 heterocycles. The van der Waals surface area contributed by atoms with Gasteiger partial charge < -0.3 is 4.90 Å². The maximum Gasteiger partial charge on any atom is 0.416 e. The molecule has 0 saturated carbocycles. The van der Waals surface area contributed by atoms with Gasteiger partial charge in [-0.3, -0.25) is 0 Å². The number of hydrogen-bond donors (Lipinski definition) is 0. The second-order valence-corrected chi connectivity index (χ2v) is 4.29. The van der Waals surface area contributed by atoms with E-state index in [-0.39, 0.29) is 0 Å². The van der Waals surface area contributed by atoms with Crippen molar-refractivity contribution in [3.05, 3.63) is 35.4 Å². The van der Waals surface area contributed by atoms with E-state index in [2.05, 4.69) is 11.8 Å². The summed E-state index contributed by atoms with van der Waals surface area (Å²) in [6, 6.07) is 5.38. The number of rotatable bonds is 5. The third kappa shape index (κ3) is 4.77. The number of hydrogen-bond acceptors (Lipinski definition) is 1. The molecule has 0 bridgehead atoms. The van der Waals surface area contributed by atoms with Crippen molar-refractivity contribution in [3.63, 3.8) is 0 Å². The van der Waals surface area contributed by atoms with Crippen LogP contribution >= 0.6 is 0 Å². The number of benzene rings is 1. The fourth-order valence-corrected chi connectivity index (χ4v) is 1.62. The highest BCUT2D eigenvalue weighted by atomic mass is 19.4. The lowest BCUT2D eigenvalue weighted by Gasteiger charge is -2.16. The summed E-state index contributed by atoms with van der Waals surface area (Å²) in [6.07, 6.45) is -2.01. The maximum absolute atomic E-state index is 12.3. The molecule has 0 aliphatic rings. The van der Waals surface area contributed by atoms with Crippen LogP contribution in [0.15, 0.2) is 24.3 Å². The van der Waals surface area contributed by atoms with Crippen molar-refractivity contribution in [2.24, 2.45) is 0 Å². The van der Waals surface area contributed by atoms with E-state index in [1.807, 2.05) is 7.05 Å². The monoisotopic (exact) mass is 245 g/mol. The fraction of sp³-hybridized carbons (Fsp3) is 0.538. The molecule has 0 aliphatic carbocycles. The second-order valence-electron chi connectivity index (χ2n) is 4.29. The molecular weight excluding hydrogens is 227 g/mol. The summed E-state index contributed by atoms with van der Waals surface area (Å²) < 4.78 is 37.0. The Kier molecular flexibility index (Phi) is 5.00. The maximum atomic E-state index is 12.3. The van der Waals surface area contributed by atoms with Crippen LogP contribution in [0.2, 0.25) is 0 Å². The summed E-state index contributed by atoms with van der Waals surface area (Å²) in [5.74, 6) is 0. The van der Waals surface area contributed by atoms with Crippen LogP contribution in [-0.2, 0) is 12.7 Å². The lowest BCUT2D eigenvalue weighted by atomic mass is 10.1. The van der Waals surface area contributed by atoms with Gasteiger partial charge in [0.1, 0.15) is 0 Å². The lowest BCUT2D eigenvalue weighted by Crippen LogP contribution is -2.19. The molecule has 1 rings (SSSR count). The molecule has 0 spiro atoms. The van der Waals surface area contributed by atoms with Crippen LogP contribution in [0, 0.1) is 0 Å². The molecule has 4 heteroatoms. The Morgan fingerprint density at radius 1 is 1.12 bits per heavy atom. The molecule has 0 saturated heterocycles. The molecule has 0 radical (unpaired) electrons. The first-order valence-corrected chi connectivity index (χ1v) is 5.78. The van der Waals surface area contributed by atoms with Crippen LogP contribution in [0.4, 0.5) is 13.2 Å². The zero-order valence-corrected chi connectivity index (χ0v) is 10.2. The third-order valence-corrected chi connectivity index (χ3v) is 2.63. The van der Waals surface area contributed by atoms with Gasteiger partial charge in [-0.05, 0) is 37.7 Å². The van der Waals surface area contributed by atoms with Gasteiger partial charge in [0.15, 0.2) is 0 Å². The van der Waals surface area contributed by atoms with Crippen LogP contribution in [0.5, 0.6) is 0 Å². The number of alkyl halides is 3. The molecule has 0 atom stereocenters. The Labute approximate surface area is 100 Å². The highest BCUT2D eigenvalue weighted by molar-refractivity contribution is 5.24. The first kappa shape index (κ1) is 14.0. The van der Waals surface area contributed by atoms with Crippen LogP contribution in [0.1, 0.15) is 30.9 Å². The summed E-state index contributed by atoms with van der Waals surface area (Å²) in [5.41, 5.74) is 0.328. The van der Waals surface area contributed by atoms with Crippen molar-refractivity contribution >= 4 is 0 Å². The fourth-order valence-electron chi connectivity index (χ4n) is 1.62. The number of halogens is 3. The topological polar surface area (TPSA) is 3.24 Å². The Morgan fingerprint density at radius 3 is 2.18 bits per heavy atom. The van der Waals surface area contributed by atoms with Gasteiger partial charge in [0.05, 0.1) is 5.56 Å². The van der Waals surface area contributed by atoms with Crippen molar-refractivity contribution in [2.45, 2.75) is 32.5 Å².